The largest absolute Gasteiger partial charge is 0.381 e. The molecule has 0 saturated heterocycles. The molecule has 1 nitrogen and oxygen atoms in total. The maximum atomic E-state index is 5.84. The van der Waals surface area contributed by atoms with Gasteiger partial charge in [0, 0.05) is 18.2 Å². The molecule has 0 N–H and O–H groups in total. The zero-order chi connectivity index (χ0) is 12.3. The van der Waals surface area contributed by atoms with E-state index < -0.39 is 0 Å². The Kier molecular flexibility index (Phi) is 8.12. The van der Waals surface area contributed by atoms with Gasteiger partial charge in [0.15, 0.2) is 0 Å². The Morgan fingerprint density at radius 1 is 0.941 bits per heavy atom. The number of benzene rings is 1. The second kappa shape index (κ2) is 9.49. The summed E-state index contributed by atoms with van der Waals surface area (Å²) in [6, 6.07) is 8.15. The first-order chi connectivity index (χ1) is 8.33. The predicted molar refractivity (Wildman–Crippen MR) is 74.4 cm³/mol. The fourth-order valence-corrected chi connectivity index (χ4v) is 1.87. The van der Waals surface area contributed by atoms with Crippen LogP contribution in [0.15, 0.2) is 24.3 Å². The molecule has 17 heavy (non-hydrogen) atoms. The molecule has 0 saturated carbocycles. The third-order valence-electron chi connectivity index (χ3n) is 2.71. The average molecular weight is 254 g/mol. The van der Waals surface area contributed by atoms with Gasteiger partial charge in [0.05, 0.1) is 0 Å². The third-order valence-corrected chi connectivity index (χ3v) is 2.96. The van der Waals surface area contributed by atoms with Crippen LogP contribution in [0, 0.1) is 6.92 Å². The van der Waals surface area contributed by atoms with Crippen molar-refractivity contribution in [2.24, 2.45) is 0 Å². The van der Waals surface area contributed by atoms with E-state index in [0.717, 1.165) is 31.1 Å². The molecule has 0 atom stereocenters. The van der Waals surface area contributed by atoms with Crippen molar-refractivity contribution in [2.75, 3.05) is 13.2 Å². The molecule has 1 aromatic rings. The van der Waals surface area contributed by atoms with E-state index in [0.29, 0.717) is 0 Å². The molecule has 0 fully saturated rings. The van der Waals surface area contributed by atoms with Crippen molar-refractivity contribution in [3.63, 3.8) is 0 Å². The van der Waals surface area contributed by atoms with Gasteiger partial charge < -0.3 is 4.74 Å². The summed E-state index contributed by atoms with van der Waals surface area (Å²) >= 11 is 5.84. The summed E-state index contributed by atoms with van der Waals surface area (Å²) in [6.07, 6.45) is 6.96. The first-order valence-corrected chi connectivity index (χ1v) is 6.82. The molecule has 0 amide bonds. The van der Waals surface area contributed by atoms with Gasteiger partial charge in [-0.25, -0.2) is 0 Å². The summed E-state index contributed by atoms with van der Waals surface area (Å²) in [5.74, 6) is 0. The molecule has 1 aromatic carbocycles. The predicted octanol–water partition coefficient (Wildman–Crippen LogP) is 4.68. The van der Waals surface area contributed by atoms with Gasteiger partial charge in [-0.15, -0.1) is 0 Å². The van der Waals surface area contributed by atoms with Crippen LogP contribution < -0.4 is 0 Å². The Labute approximate surface area is 110 Å². The monoisotopic (exact) mass is 253 g/mol. The Morgan fingerprint density at radius 3 is 2.35 bits per heavy atom. The van der Waals surface area contributed by atoms with E-state index in [1.165, 1.54) is 31.2 Å². The number of hydrogen-bond acceptors (Lipinski definition) is 1. The van der Waals surface area contributed by atoms with Crippen LogP contribution in [0.25, 0.3) is 0 Å². The van der Waals surface area contributed by atoms with E-state index in [2.05, 4.69) is 19.1 Å². The summed E-state index contributed by atoms with van der Waals surface area (Å²) in [5.41, 5.74) is 1.38. The van der Waals surface area contributed by atoms with Crippen molar-refractivity contribution in [1.82, 2.24) is 0 Å². The first-order valence-electron chi connectivity index (χ1n) is 6.44. The van der Waals surface area contributed by atoms with Crippen molar-refractivity contribution >= 4 is 11.6 Å². The lowest BCUT2D eigenvalue weighted by atomic mass is 10.1. The van der Waals surface area contributed by atoms with Crippen LogP contribution in [0.2, 0.25) is 5.02 Å². The standard InChI is InChI=1S/C15H22ClO/c1-2-12-17-13-6-4-3-5-7-14-8-10-15(16)11-9-14/h8-11H,1-7,12-13H2. The Hall–Kier alpha value is -0.530. The van der Waals surface area contributed by atoms with Gasteiger partial charge in [0.1, 0.15) is 0 Å². The summed E-state index contributed by atoms with van der Waals surface area (Å²) in [5, 5.41) is 0.816. The van der Waals surface area contributed by atoms with Crippen LogP contribution in [0.4, 0.5) is 0 Å². The van der Waals surface area contributed by atoms with E-state index in [-0.39, 0.29) is 0 Å². The highest BCUT2D eigenvalue weighted by atomic mass is 35.5. The second-order valence-electron chi connectivity index (χ2n) is 4.26. The van der Waals surface area contributed by atoms with Gasteiger partial charge in [-0.2, -0.15) is 0 Å². The molecule has 0 aliphatic heterocycles. The molecule has 0 aromatic heterocycles. The fourth-order valence-electron chi connectivity index (χ4n) is 1.74. The van der Waals surface area contributed by atoms with Crippen molar-refractivity contribution in [3.8, 4) is 0 Å². The van der Waals surface area contributed by atoms with Gasteiger partial charge in [0.25, 0.3) is 0 Å². The summed E-state index contributed by atoms with van der Waals surface area (Å²) in [4.78, 5) is 0. The number of rotatable bonds is 9. The fraction of sp³-hybridized carbons (Fsp3) is 0.533. The average Bonchev–Trinajstić information content (AvgIpc) is 2.35. The normalized spacial score (nSPS) is 10.7. The highest BCUT2D eigenvalue weighted by molar-refractivity contribution is 6.30. The second-order valence-corrected chi connectivity index (χ2v) is 4.69. The molecule has 0 spiro atoms. The minimum atomic E-state index is 0.796. The number of aryl methyl sites for hydroxylation is 1. The maximum Gasteiger partial charge on any atom is 0.0466 e. The Bertz CT molecular complexity index is 281. The molecule has 0 aliphatic rings. The smallest absolute Gasteiger partial charge is 0.0466 e. The minimum Gasteiger partial charge on any atom is -0.381 e. The van der Waals surface area contributed by atoms with E-state index >= 15 is 0 Å². The third kappa shape index (κ3) is 7.40. The van der Waals surface area contributed by atoms with Crippen LogP contribution >= 0.6 is 11.6 Å². The van der Waals surface area contributed by atoms with Gasteiger partial charge >= 0.3 is 0 Å². The number of unbranched alkanes of at least 4 members (excludes halogenated alkanes) is 3. The van der Waals surface area contributed by atoms with E-state index in [4.69, 9.17) is 16.3 Å². The van der Waals surface area contributed by atoms with Gasteiger partial charge in [0.2, 0.25) is 0 Å². The number of ether oxygens (including phenoxy) is 1. The molecule has 0 bridgehead atoms. The van der Waals surface area contributed by atoms with Crippen LogP contribution in [0.5, 0.6) is 0 Å². The quantitative estimate of drug-likeness (QED) is 0.581. The highest BCUT2D eigenvalue weighted by Gasteiger charge is 1.94. The zero-order valence-electron chi connectivity index (χ0n) is 10.5. The maximum absolute atomic E-state index is 5.84. The zero-order valence-corrected chi connectivity index (χ0v) is 11.2. The van der Waals surface area contributed by atoms with Crippen molar-refractivity contribution in [3.05, 3.63) is 41.8 Å². The molecule has 0 aliphatic carbocycles. The summed E-state index contributed by atoms with van der Waals surface area (Å²) < 4.78 is 5.38. The van der Waals surface area contributed by atoms with Crippen molar-refractivity contribution in [2.45, 2.75) is 38.5 Å². The molecular weight excluding hydrogens is 232 g/mol. The molecule has 95 valence electrons. The van der Waals surface area contributed by atoms with Crippen molar-refractivity contribution in [1.29, 1.82) is 0 Å². The van der Waals surface area contributed by atoms with Gasteiger partial charge in [-0.05, 0) is 43.4 Å². The lowest BCUT2D eigenvalue weighted by molar-refractivity contribution is 0.134. The number of halogens is 1. The SMILES string of the molecule is [CH2]CCOCCCCCCc1ccc(Cl)cc1. The Morgan fingerprint density at radius 2 is 1.65 bits per heavy atom. The van der Waals surface area contributed by atoms with Crippen LogP contribution in [0.3, 0.4) is 0 Å². The van der Waals surface area contributed by atoms with E-state index in [1.807, 2.05) is 12.1 Å². The lowest BCUT2D eigenvalue weighted by Gasteiger charge is -2.03. The molecule has 1 rings (SSSR count). The van der Waals surface area contributed by atoms with Crippen LogP contribution in [-0.4, -0.2) is 13.2 Å². The van der Waals surface area contributed by atoms with E-state index in [9.17, 15) is 0 Å². The van der Waals surface area contributed by atoms with Crippen LogP contribution in [-0.2, 0) is 11.2 Å². The molecular formula is C15H22ClO. The lowest BCUT2D eigenvalue weighted by Crippen LogP contribution is -1.95. The summed E-state index contributed by atoms with van der Waals surface area (Å²) in [6.45, 7) is 5.42. The first kappa shape index (κ1) is 14.5. The topological polar surface area (TPSA) is 9.23 Å². The molecule has 0 heterocycles. The molecule has 1 radical (unpaired) electrons. The minimum absolute atomic E-state index is 0.796. The molecule has 2 heteroatoms. The van der Waals surface area contributed by atoms with E-state index in [1.54, 1.807) is 0 Å². The van der Waals surface area contributed by atoms with Crippen molar-refractivity contribution < 1.29 is 4.74 Å². The van der Waals surface area contributed by atoms with Gasteiger partial charge in [-0.3, -0.25) is 0 Å². The summed E-state index contributed by atoms with van der Waals surface area (Å²) in [7, 11) is 0. The number of hydrogen-bond donors (Lipinski definition) is 0. The molecule has 0 unspecified atom stereocenters. The Balaban J connectivity index is 1.95. The highest BCUT2D eigenvalue weighted by Crippen LogP contribution is 2.12. The van der Waals surface area contributed by atoms with Crippen LogP contribution in [0.1, 0.15) is 37.7 Å². The van der Waals surface area contributed by atoms with Gasteiger partial charge in [-0.1, -0.05) is 43.5 Å².